The van der Waals surface area contributed by atoms with Gasteiger partial charge in [-0.3, -0.25) is 0 Å². The summed E-state index contributed by atoms with van der Waals surface area (Å²) in [6.07, 6.45) is 0. The smallest absolute Gasteiger partial charge is 0.0555 e. The lowest BCUT2D eigenvalue weighted by molar-refractivity contribution is 1.30. The third-order valence-corrected chi connectivity index (χ3v) is 4.07. The van der Waals surface area contributed by atoms with E-state index in [1.54, 1.807) is 11.8 Å². The molecule has 0 saturated heterocycles. The third-order valence-electron chi connectivity index (χ3n) is 2.53. The summed E-state index contributed by atoms with van der Waals surface area (Å²) in [4.78, 5) is 1.25. The van der Waals surface area contributed by atoms with E-state index >= 15 is 0 Å². The van der Waals surface area contributed by atoms with Gasteiger partial charge >= 0.3 is 0 Å². The van der Waals surface area contributed by atoms with Crippen LogP contribution < -0.4 is 5.73 Å². The van der Waals surface area contributed by atoms with Crippen molar-refractivity contribution in [3.63, 3.8) is 0 Å². The minimum atomic E-state index is 0.396. The zero-order chi connectivity index (χ0) is 13.5. The number of thioether (sulfide) groups is 1. The van der Waals surface area contributed by atoms with Crippen LogP contribution in [0, 0.1) is 11.8 Å². The molecule has 96 valence electrons. The van der Waals surface area contributed by atoms with Gasteiger partial charge in [0.1, 0.15) is 0 Å². The molecule has 2 aromatic carbocycles. The molecule has 0 aromatic heterocycles. The molecule has 2 aromatic rings. The summed E-state index contributed by atoms with van der Waals surface area (Å²) < 4.78 is 1.11. The second kappa shape index (κ2) is 7.40. The highest BCUT2D eigenvalue weighted by Crippen LogP contribution is 2.26. The molecule has 0 heterocycles. The van der Waals surface area contributed by atoms with Crippen LogP contribution in [0.1, 0.15) is 11.1 Å². The number of nitrogens with two attached hydrogens (primary N) is 1. The van der Waals surface area contributed by atoms with Gasteiger partial charge in [-0.2, -0.15) is 0 Å². The fourth-order valence-corrected chi connectivity index (χ4v) is 3.14. The Labute approximate surface area is 126 Å². The molecule has 0 bridgehead atoms. The van der Waals surface area contributed by atoms with Gasteiger partial charge in [-0.05, 0) is 29.8 Å². The summed E-state index contributed by atoms with van der Waals surface area (Å²) in [5.41, 5.74) is 7.73. The zero-order valence-corrected chi connectivity index (χ0v) is 12.8. The van der Waals surface area contributed by atoms with Gasteiger partial charge < -0.3 is 5.73 Å². The summed E-state index contributed by atoms with van der Waals surface area (Å²) in [6, 6.07) is 16.5. The summed E-state index contributed by atoms with van der Waals surface area (Å²) in [6.45, 7) is 0.396. The largest absolute Gasteiger partial charge is 0.320 e. The van der Waals surface area contributed by atoms with Crippen molar-refractivity contribution >= 4 is 27.7 Å². The standard InChI is InChI=1S/C16H14BrNS/c17-15-8-3-9-16(11-15)19-12-14-6-2-1-5-13(14)7-4-10-18/h1-3,5-6,8-9,11H,10,12,18H2. The number of hydrogen-bond acceptors (Lipinski definition) is 2. The first-order chi connectivity index (χ1) is 9.29. The van der Waals surface area contributed by atoms with E-state index in [2.05, 4.69) is 46.0 Å². The van der Waals surface area contributed by atoms with Gasteiger partial charge in [0.25, 0.3) is 0 Å². The summed E-state index contributed by atoms with van der Waals surface area (Å²) in [7, 11) is 0. The molecule has 0 fully saturated rings. The molecule has 2 rings (SSSR count). The Balaban J connectivity index is 2.11. The van der Waals surface area contributed by atoms with Crippen molar-refractivity contribution < 1.29 is 0 Å². The molecule has 0 aliphatic heterocycles. The van der Waals surface area contributed by atoms with Crippen LogP contribution in [0.3, 0.4) is 0 Å². The first-order valence-corrected chi connectivity index (χ1v) is 7.72. The van der Waals surface area contributed by atoms with E-state index in [0.29, 0.717) is 6.54 Å². The maximum atomic E-state index is 5.42. The molecule has 2 N–H and O–H groups in total. The fraction of sp³-hybridized carbons (Fsp3) is 0.125. The van der Waals surface area contributed by atoms with Crippen molar-refractivity contribution in [2.24, 2.45) is 5.73 Å². The molecule has 0 aliphatic rings. The van der Waals surface area contributed by atoms with Gasteiger partial charge in [0.2, 0.25) is 0 Å². The highest BCUT2D eigenvalue weighted by Gasteiger charge is 2.01. The lowest BCUT2D eigenvalue weighted by Gasteiger charge is -2.05. The van der Waals surface area contributed by atoms with Gasteiger partial charge in [-0.15, -0.1) is 11.8 Å². The lowest BCUT2D eigenvalue weighted by atomic mass is 10.1. The first kappa shape index (κ1) is 14.2. The molecule has 19 heavy (non-hydrogen) atoms. The predicted octanol–water partition coefficient (Wildman–Crippen LogP) is 4.05. The van der Waals surface area contributed by atoms with E-state index in [9.17, 15) is 0 Å². The molecule has 0 radical (unpaired) electrons. The van der Waals surface area contributed by atoms with Crippen LogP contribution in [0.15, 0.2) is 57.9 Å². The van der Waals surface area contributed by atoms with Crippen molar-refractivity contribution in [1.82, 2.24) is 0 Å². The van der Waals surface area contributed by atoms with E-state index in [0.717, 1.165) is 15.8 Å². The van der Waals surface area contributed by atoms with Crippen molar-refractivity contribution in [3.05, 3.63) is 64.1 Å². The average Bonchev–Trinajstić information content (AvgIpc) is 2.44. The molecule has 3 heteroatoms. The molecule has 0 spiro atoms. The van der Waals surface area contributed by atoms with Crippen molar-refractivity contribution in [1.29, 1.82) is 0 Å². The van der Waals surface area contributed by atoms with Gasteiger partial charge in [-0.25, -0.2) is 0 Å². The second-order valence-corrected chi connectivity index (χ2v) is 5.87. The quantitative estimate of drug-likeness (QED) is 0.678. The van der Waals surface area contributed by atoms with Crippen LogP contribution in [0.2, 0.25) is 0 Å². The third kappa shape index (κ3) is 4.43. The molecular formula is C16H14BrNS. The minimum absolute atomic E-state index is 0.396. The molecular weight excluding hydrogens is 318 g/mol. The minimum Gasteiger partial charge on any atom is -0.320 e. The fourth-order valence-electron chi connectivity index (χ4n) is 1.63. The van der Waals surface area contributed by atoms with Crippen LogP contribution in [0.4, 0.5) is 0 Å². The van der Waals surface area contributed by atoms with Crippen LogP contribution in [-0.4, -0.2) is 6.54 Å². The van der Waals surface area contributed by atoms with Crippen LogP contribution in [-0.2, 0) is 5.75 Å². The van der Waals surface area contributed by atoms with Gasteiger partial charge in [0, 0.05) is 20.7 Å². The molecule has 0 atom stereocenters. The van der Waals surface area contributed by atoms with Gasteiger partial charge in [0.05, 0.1) is 6.54 Å². The summed E-state index contributed by atoms with van der Waals surface area (Å²) >= 11 is 5.29. The van der Waals surface area contributed by atoms with Crippen LogP contribution in [0.25, 0.3) is 0 Å². The van der Waals surface area contributed by atoms with Crippen LogP contribution >= 0.6 is 27.7 Å². The van der Waals surface area contributed by atoms with E-state index in [4.69, 9.17) is 5.73 Å². The maximum Gasteiger partial charge on any atom is 0.0555 e. The van der Waals surface area contributed by atoms with Crippen molar-refractivity contribution in [2.45, 2.75) is 10.6 Å². The van der Waals surface area contributed by atoms with Crippen molar-refractivity contribution in [2.75, 3.05) is 6.54 Å². The van der Waals surface area contributed by atoms with E-state index in [1.165, 1.54) is 10.5 Å². The Bertz CT molecular complexity index is 613. The molecule has 1 nitrogen and oxygen atoms in total. The molecule has 0 unspecified atom stereocenters. The Kier molecular flexibility index (Phi) is 5.53. The van der Waals surface area contributed by atoms with Crippen molar-refractivity contribution in [3.8, 4) is 11.8 Å². The van der Waals surface area contributed by atoms with E-state index in [1.807, 2.05) is 30.3 Å². The Morgan fingerprint density at radius 2 is 1.95 bits per heavy atom. The number of benzene rings is 2. The highest BCUT2D eigenvalue weighted by atomic mass is 79.9. The normalized spacial score (nSPS) is 9.79. The summed E-state index contributed by atoms with van der Waals surface area (Å²) in [5, 5.41) is 0. The highest BCUT2D eigenvalue weighted by molar-refractivity contribution is 9.10. The van der Waals surface area contributed by atoms with Crippen LogP contribution in [0.5, 0.6) is 0 Å². The van der Waals surface area contributed by atoms with Gasteiger partial charge in [-0.1, -0.05) is 52.0 Å². The zero-order valence-electron chi connectivity index (χ0n) is 10.4. The number of hydrogen-bond donors (Lipinski definition) is 1. The Morgan fingerprint density at radius 3 is 2.74 bits per heavy atom. The average molecular weight is 332 g/mol. The lowest BCUT2D eigenvalue weighted by Crippen LogP contribution is -1.94. The topological polar surface area (TPSA) is 26.0 Å². The molecule has 0 amide bonds. The second-order valence-electron chi connectivity index (χ2n) is 3.91. The Hall–Kier alpha value is -1.21. The van der Waals surface area contributed by atoms with E-state index < -0.39 is 0 Å². The maximum absolute atomic E-state index is 5.42. The number of rotatable bonds is 3. The Morgan fingerprint density at radius 1 is 1.11 bits per heavy atom. The predicted molar refractivity (Wildman–Crippen MR) is 86.1 cm³/mol. The first-order valence-electron chi connectivity index (χ1n) is 5.95. The van der Waals surface area contributed by atoms with Gasteiger partial charge in [0.15, 0.2) is 0 Å². The molecule has 0 aliphatic carbocycles. The number of halogens is 1. The van der Waals surface area contributed by atoms with E-state index in [-0.39, 0.29) is 0 Å². The summed E-state index contributed by atoms with van der Waals surface area (Å²) in [5.74, 6) is 6.94. The SMILES string of the molecule is NCC#Cc1ccccc1CSc1cccc(Br)c1. The monoisotopic (exact) mass is 331 g/mol. The molecule has 0 saturated carbocycles.